The summed E-state index contributed by atoms with van der Waals surface area (Å²) >= 11 is 0. The normalized spacial score (nSPS) is 27.2. The van der Waals surface area contributed by atoms with Gasteiger partial charge in [-0.15, -0.1) is 0 Å². The Bertz CT molecular complexity index is 597. The van der Waals surface area contributed by atoms with Crippen molar-refractivity contribution in [1.29, 1.82) is 0 Å². The molecule has 1 aliphatic carbocycles. The molecule has 0 spiro atoms. The topological polar surface area (TPSA) is 32.3 Å². The molecule has 2 fully saturated rings. The number of nitrogens with zero attached hydrogens (tertiary/aromatic N) is 1. The highest BCUT2D eigenvalue weighted by Gasteiger charge is 2.53. The molecule has 1 saturated heterocycles. The van der Waals surface area contributed by atoms with Crippen LogP contribution in [0, 0.1) is 11.8 Å². The fourth-order valence-corrected chi connectivity index (χ4v) is 3.45. The first kappa shape index (κ1) is 16.1. The molecule has 0 aromatic heterocycles. The number of hydrogen-bond acceptors (Lipinski definition) is 2. The van der Waals surface area contributed by atoms with Gasteiger partial charge >= 0.3 is 6.18 Å². The third-order valence-corrected chi connectivity index (χ3v) is 4.76. The van der Waals surface area contributed by atoms with Crippen LogP contribution >= 0.6 is 0 Å². The highest BCUT2D eigenvalue weighted by Crippen LogP contribution is 2.45. The van der Waals surface area contributed by atoms with Crippen LogP contribution in [0.1, 0.15) is 17.5 Å². The molecule has 2 aliphatic rings. The molecule has 23 heavy (non-hydrogen) atoms. The summed E-state index contributed by atoms with van der Waals surface area (Å²) < 4.78 is 37.7. The quantitative estimate of drug-likeness (QED) is 0.864. The second-order valence-electron chi connectivity index (χ2n) is 6.28. The third-order valence-electron chi connectivity index (χ3n) is 4.76. The molecule has 0 radical (unpaired) electrons. The first-order chi connectivity index (χ1) is 10.9. The number of fused-ring (bicyclic) bond motifs is 1. The largest absolute Gasteiger partial charge is 0.416 e. The Morgan fingerprint density at radius 1 is 1.30 bits per heavy atom. The lowest BCUT2D eigenvalue weighted by molar-refractivity contribution is -0.137. The zero-order valence-corrected chi connectivity index (χ0v) is 12.6. The van der Waals surface area contributed by atoms with Crippen LogP contribution in [0.25, 0.3) is 0 Å². The van der Waals surface area contributed by atoms with E-state index in [1.807, 2.05) is 0 Å². The number of likely N-dealkylation sites (tertiary alicyclic amines) is 1. The number of carbonyl (C=O) groups is 1. The Kier molecular flexibility index (Phi) is 4.19. The van der Waals surface area contributed by atoms with Gasteiger partial charge in [-0.25, -0.2) is 0 Å². The minimum Gasteiger partial charge on any atom is -0.349 e. The third kappa shape index (κ3) is 3.58. The van der Waals surface area contributed by atoms with E-state index in [0.29, 0.717) is 18.4 Å². The maximum absolute atomic E-state index is 12.6. The van der Waals surface area contributed by atoms with E-state index >= 15 is 0 Å². The van der Waals surface area contributed by atoms with E-state index in [9.17, 15) is 18.0 Å². The van der Waals surface area contributed by atoms with E-state index in [1.165, 1.54) is 6.08 Å². The average molecular weight is 324 g/mol. The molecule has 1 saturated carbocycles. The molecular formula is C17H19F3N2O. The van der Waals surface area contributed by atoms with Gasteiger partial charge in [-0.05, 0) is 48.6 Å². The Hall–Kier alpha value is -1.82. The molecule has 3 rings (SSSR count). The molecule has 0 bridgehead atoms. The zero-order valence-electron chi connectivity index (χ0n) is 12.6. The van der Waals surface area contributed by atoms with Crippen molar-refractivity contribution in [3.05, 3.63) is 48.0 Å². The van der Waals surface area contributed by atoms with Crippen LogP contribution in [-0.4, -0.2) is 29.9 Å². The summed E-state index contributed by atoms with van der Waals surface area (Å²) in [5.41, 5.74) is 0.262. The van der Waals surface area contributed by atoms with Crippen molar-refractivity contribution in [2.45, 2.75) is 25.2 Å². The van der Waals surface area contributed by atoms with Gasteiger partial charge in [0, 0.05) is 19.1 Å². The SMILES string of the molecule is C=CC(=O)N[C@H]1[C@@H]2CCN(Cc3ccc(C(F)(F)F)cc3)C[C@@H]21. The van der Waals surface area contributed by atoms with Gasteiger partial charge in [0.1, 0.15) is 0 Å². The summed E-state index contributed by atoms with van der Waals surface area (Å²) in [5, 5.41) is 2.95. The standard InChI is InChI=1S/C17H19F3N2O/c1-2-15(23)21-16-13-7-8-22(10-14(13)16)9-11-3-5-12(6-4-11)17(18,19)20/h2-6,13-14,16H,1,7-10H2,(H,21,23)/t13-,14+,16+/m1/s1. The number of benzene rings is 1. The Balaban J connectivity index is 1.54. The molecule has 124 valence electrons. The Morgan fingerprint density at radius 3 is 2.61 bits per heavy atom. The van der Waals surface area contributed by atoms with Gasteiger partial charge in [0.2, 0.25) is 5.91 Å². The smallest absolute Gasteiger partial charge is 0.349 e. The molecule has 1 aliphatic heterocycles. The highest BCUT2D eigenvalue weighted by molar-refractivity contribution is 5.87. The molecular weight excluding hydrogens is 305 g/mol. The fraction of sp³-hybridized carbons (Fsp3) is 0.471. The maximum atomic E-state index is 12.6. The molecule has 0 unspecified atom stereocenters. The van der Waals surface area contributed by atoms with Crippen LogP contribution in [-0.2, 0) is 17.5 Å². The maximum Gasteiger partial charge on any atom is 0.416 e. The van der Waals surface area contributed by atoms with Crippen molar-refractivity contribution in [2.75, 3.05) is 13.1 Å². The van der Waals surface area contributed by atoms with Gasteiger partial charge in [0.15, 0.2) is 0 Å². The molecule has 3 atom stereocenters. The molecule has 1 aromatic carbocycles. The van der Waals surface area contributed by atoms with E-state index in [1.54, 1.807) is 12.1 Å². The van der Waals surface area contributed by atoms with Crippen LogP contribution in [0.5, 0.6) is 0 Å². The summed E-state index contributed by atoms with van der Waals surface area (Å²) in [5.74, 6) is 0.837. The first-order valence-electron chi connectivity index (χ1n) is 7.70. The van der Waals surface area contributed by atoms with Gasteiger partial charge < -0.3 is 5.32 Å². The van der Waals surface area contributed by atoms with Gasteiger partial charge in [-0.1, -0.05) is 18.7 Å². The number of halogens is 3. The van der Waals surface area contributed by atoms with E-state index in [2.05, 4.69) is 16.8 Å². The summed E-state index contributed by atoms with van der Waals surface area (Å²) in [7, 11) is 0. The lowest BCUT2D eigenvalue weighted by Gasteiger charge is -2.25. The number of rotatable bonds is 4. The monoisotopic (exact) mass is 324 g/mol. The van der Waals surface area contributed by atoms with Crippen LogP contribution < -0.4 is 5.32 Å². The van der Waals surface area contributed by atoms with Crippen molar-refractivity contribution in [3.8, 4) is 0 Å². The second-order valence-corrected chi connectivity index (χ2v) is 6.28. The number of nitrogens with one attached hydrogen (secondary N) is 1. The number of alkyl halides is 3. The summed E-state index contributed by atoms with van der Waals surface area (Å²) in [6.07, 6.45) is -2.00. The summed E-state index contributed by atoms with van der Waals surface area (Å²) in [4.78, 5) is 13.6. The van der Waals surface area contributed by atoms with E-state index in [4.69, 9.17) is 0 Å². The van der Waals surface area contributed by atoms with E-state index in [-0.39, 0.29) is 11.9 Å². The van der Waals surface area contributed by atoms with Crippen LogP contribution in [0.4, 0.5) is 13.2 Å². The zero-order chi connectivity index (χ0) is 16.6. The Morgan fingerprint density at radius 2 is 2.00 bits per heavy atom. The van der Waals surface area contributed by atoms with Crippen molar-refractivity contribution >= 4 is 5.91 Å². The van der Waals surface area contributed by atoms with E-state index in [0.717, 1.165) is 37.2 Å². The van der Waals surface area contributed by atoms with Crippen LogP contribution in [0.15, 0.2) is 36.9 Å². The molecule has 1 amide bonds. The molecule has 1 N–H and O–H groups in total. The fourth-order valence-electron chi connectivity index (χ4n) is 3.45. The minimum absolute atomic E-state index is 0.140. The van der Waals surface area contributed by atoms with Gasteiger partial charge in [-0.2, -0.15) is 13.2 Å². The summed E-state index contributed by atoms with van der Waals surface area (Å²) in [6.45, 7) is 5.87. The molecule has 1 aromatic rings. The van der Waals surface area contributed by atoms with Crippen molar-refractivity contribution in [1.82, 2.24) is 10.2 Å². The van der Waals surface area contributed by atoms with Gasteiger partial charge in [-0.3, -0.25) is 9.69 Å². The molecule has 6 heteroatoms. The predicted molar refractivity (Wildman–Crippen MR) is 80.4 cm³/mol. The predicted octanol–water partition coefficient (Wildman–Crippen LogP) is 2.83. The number of amides is 1. The molecule has 1 heterocycles. The summed E-state index contributed by atoms with van der Waals surface area (Å²) in [6, 6.07) is 5.56. The first-order valence-corrected chi connectivity index (χ1v) is 7.70. The van der Waals surface area contributed by atoms with Crippen molar-refractivity contribution in [3.63, 3.8) is 0 Å². The van der Waals surface area contributed by atoms with Gasteiger partial charge in [0.25, 0.3) is 0 Å². The van der Waals surface area contributed by atoms with Crippen molar-refractivity contribution < 1.29 is 18.0 Å². The minimum atomic E-state index is -4.29. The average Bonchev–Trinajstić information content (AvgIpc) is 3.19. The van der Waals surface area contributed by atoms with E-state index < -0.39 is 11.7 Å². The second kappa shape index (κ2) is 6.00. The number of carbonyl (C=O) groups excluding carboxylic acids is 1. The van der Waals surface area contributed by atoms with Crippen molar-refractivity contribution in [2.24, 2.45) is 11.8 Å². The number of hydrogen-bond donors (Lipinski definition) is 1. The number of piperidine rings is 1. The Labute approximate surface area is 133 Å². The molecule has 3 nitrogen and oxygen atoms in total. The lowest BCUT2D eigenvalue weighted by atomic mass is 10.1. The van der Waals surface area contributed by atoms with Crippen LogP contribution in [0.2, 0.25) is 0 Å². The van der Waals surface area contributed by atoms with Gasteiger partial charge in [0.05, 0.1) is 5.56 Å². The van der Waals surface area contributed by atoms with Crippen LogP contribution in [0.3, 0.4) is 0 Å². The lowest BCUT2D eigenvalue weighted by Crippen LogP contribution is -2.31. The highest BCUT2D eigenvalue weighted by atomic mass is 19.4.